The van der Waals surface area contributed by atoms with E-state index >= 15 is 0 Å². The predicted molar refractivity (Wildman–Crippen MR) is 18.3 cm³/mol. The van der Waals surface area contributed by atoms with Crippen LogP contribution in [0.3, 0.4) is 0 Å². The summed E-state index contributed by atoms with van der Waals surface area (Å²) in [5.41, 5.74) is 0. The zero-order valence-electron chi connectivity index (χ0n) is 6.53. The fraction of sp³-hybridized carbons (Fsp3) is 0. The van der Waals surface area contributed by atoms with Gasteiger partial charge in [-0.05, 0) is 0 Å². The van der Waals surface area contributed by atoms with E-state index in [1.807, 2.05) is 0 Å². The van der Waals surface area contributed by atoms with Crippen molar-refractivity contribution in [1.82, 2.24) is 0 Å². The molecule has 0 rings (SSSR count). The van der Waals surface area contributed by atoms with E-state index in [2.05, 4.69) is 0 Å². The van der Waals surface area contributed by atoms with Gasteiger partial charge in [-0.1, -0.05) is 0 Å². The van der Waals surface area contributed by atoms with Crippen LogP contribution in [0.4, 0.5) is 0 Å². The van der Waals surface area contributed by atoms with E-state index in [0.29, 0.717) is 0 Å². The molecule has 0 aromatic heterocycles. The van der Waals surface area contributed by atoms with Crippen LogP contribution in [-0.2, 0) is 0 Å². The largest absolute Gasteiger partial charge is 1.00 e. The molecule has 0 atom stereocenters. The minimum absolute atomic E-state index is 0. The molecule has 0 aliphatic heterocycles. The molecule has 0 amide bonds. The van der Waals surface area contributed by atoms with Gasteiger partial charge in [0.2, 0.25) is 0 Å². The van der Waals surface area contributed by atoms with Gasteiger partial charge in [-0.15, -0.1) is 10.7 Å². The van der Waals surface area contributed by atoms with Crippen molar-refractivity contribution in [3.8, 4) is 0 Å². The van der Waals surface area contributed by atoms with Crippen LogP contribution in [0.25, 0.3) is 0 Å². The van der Waals surface area contributed by atoms with Gasteiger partial charge < -0.3 is 20.2 Å². The minimum Gasteiger partial charge on any atom is -0.444 e. The Morgan fingerprint density at radius 3 is 0.700 bits per heavy atom. The van der Waals surface area contributed by atoms with E-state index in [1.54, 1.807) is 0 Å². The molecule has 10 heteroatoms. The zero-order chi connectivity index (χ0) is 5.41. The first-order valence-corrected chi connectivity index (χ1v) is 0.730. The number of rotatable bonds is 0. The fourth-order valence-corrected chi connectivity index (χ4v) is 0. The Labute approximate surface area is 146 Å². The number of hydrogen-bond acceptors (Lipinski definition) is 6. The molecule has 0 saturated carbocycles. The van der Waals surface area contributed by atoms with Crippen molar-refractivity contribution in [2.75, 3.05) is 0 Å². The third kappa shape index (κ3) is 132. The summed E-state index contributed by atoms with van der Waals surface area (Å²) in [5, 5.41) is 18.0. The molecule has 0 aromatic rings. The molecule has 0 heterocycles. The van der Waals surface area contributed by atoms with Gasteiger partial charge >= 0.3 is 118 Å². The van der Waals surface area contributed by atoms with E-state index in [1.165, 1.54) is 0 Å². The van der Waals surface area contributed by atoms with Crippen molar-refractivity contribution in [2.24, 2.45) is 10.7 Å². The molecule has 0 radical (unpaired) electrons. The van der Waals surface area contributed by atoms with Crippen LogP contribution in [0, 0.1) is 20.2 Å². The average molecular weight is 184 g/mol. The summed E-state index contributed by atoms with van der Waals surface area (Å²) in [5.74, 6) is 0. The first kappa shape index (κ1) is 38.5. The van der Waals surface area contributed by atoms with Crippen LogP contribution < -0.4 is 118 Å². The molecule has 10 heavy (non-hydrogen) atoms. The van der Waals surface area contributed by atoms with Gasteiger partial charge in [0.1, 0.15) is 0 Å². The van der Waals surface area contributed by atoms with Crippen LogP contribution >= 0.6 is 0 Å². The van der Waals surface area contributed by atoms with Crippen molar-refractivity contribution in [1.29, 1.82) is 0 Å². The first-order valence-electron chi connectivity index (χ1n) is 0.730. The van der Waals surface area contributed by atoms with Crippen molar-refractivity contribution >= 4 is 0 Å². The maximum atomic E-state index is 8.00. The van der Waals surface area contributed by atoms with Gasteiger partial charge in [-0.2, -0.15) is 0 Å². The van der Waals surface area contributed by atoms with E-state index < -0.39 is 0 Å². The monoisotopic (exact) mass is 184 g/mol. The van der Waals surface area contributed by atoms with Gasteiger partial charge in [-0.25, -0.2) is 0 Å². The Kier molecular flexibility index (Phi) is 230. The van der Waals surface area contributed by atoms with E-state index in [0.717, 1.165) is 10.7 Å². The van der Waals surface area contributed by atoms with Crippen LogP contribution in [0.2, 0.25) is 0 Å². The summed E-state index contributed by atoms with van der Waals surface area (Å²) in [7, 11) is 0. The second kappa shape index (κ2) is 59.7. The molecule has 0 aromatic carbocycles. The van der Waals surface area contributed by atoms with Crippen molar-refractivity contribution in [2.45, 2.75) is 0 Å². The van der Waals surface area contributed by atoms with E-state index in [4.69, 9.17) is 20.2 Å². The van der Waals surface area contributed by atoms with Gasteiger partial charge in [-0.3, -0.25) is 0 Å². The molecule has 0 saturated heterocycles. The molecule has 0 N–H and O–H groups in total. The summed E-state index contributed by atoms with van der Waals surface area (Å²) in [6.07, 6.45) is 0. The Balaban J connectivity index is -0.00000000571. The van der Waals surface area contributed by atoms with Gasteiger partial charge in [0.05, 0.1) is 0 Å². The number of hydrogen-bond donors (Lipinski definition) is 0. The predicted octanol–water partition coefficient (Wildman–Crippen LogP) is -11.5. The summed E-state index contributed by atoms with van der Waals surface area (Å²) >= 11 is 0. The molecule has 6 nitrogen and oxygen atoms in total. The van der Waals surface area contributed by atoms with Gasteiger partial charge in [0.25, 0.3) is 0 Å². The molecule has 0 aliphatic rings. The quantitative estimate of drug-likeness (QED) is 0.211. The average Bonchev–Trinajstić information content (AvgIpc) is 1.39. The van der Waals surface area contributed by atoms with E-state index in [-0.39, 0.29) is 118 Å². The maximum absolute atomic E-state index is 8.00. The van der Waals surface area contributed by atoms with Gasteiger partial charge in [0.15, 0.2) is 0 Å². The first-order chi connectivity index (χ1) is 2.83. The zero-order valence-corrected chi connectivity index (χ0v) is 14.5. The fourth-order valence-electron chi connectivity index (χ4n) is 0. The molecular weight excluding hydrogens is 184 g/mol. The molecule has 0 fully saturated rings. The molecule has 0 unspecified atom stereocenters. The Hall–Kier alpha value is 2.80. The molecule has 0 aliphatic carbocycles. The van der Waals surface area contributed by atoms with Crippen LogP contribution in [-0.4, -0.2) is 0 Å². The van der Waals surface area contributed by atoms with Gasteiger partial charge in [0, 0.05) is 0 Å². The standard InChI is InChI=1S/2HNO2.4Na/c2*2-1-3;;;;/h2*(H,2,3);;;;/q;;4*+1/p-2. The SMILES string of the molecule is O=N[O-].O=N[O-].[Na+].[Na+].[Na+].[Na+]. The van der Waals surface area contributed by atoms with Crippen molar-refractivity contribution in [3.05, 3.63) is 20.2 Å². The second-order valence-corrected chi connectivity index (χ2v) is 0.149. The van der Waals surface area contributed by atoms with Crippen LogP contribution in [0.15, 0.2) is 10.7 Å². The minimum atomic E-state index is 0. The summed E-state index contributed by atoms with van der Waals surface area (Å²) < 4.78 is 0. The van der Waals surface area contributed by atoms with Crippen molar-refractivity contribution in [3.63, 3.8) is 0 Å². The second-order valence-electron chi connectivity index (χ2n) is 0.149. The number of nitrogens with zero attached hydrogens (tertiary/aromatic N) is 2. The Morgan fingerprint density at radius 2 is 0.700 bits per heavy atom. The van der Waals surface area contributed by atoms with E-state index in [9.17, 15) is 0 Å². The summed E-state index contributed by atoms with van der Waals surface area (Å²) in [6.45, 7) is 0. The third-order valence-corrected chi connectivity index (χ3v) is 0. The Bertz CT molecular complexity index is 36.2. The summed E-state index contributed by atoms with van der Waals surface area (Å²) in [4.78, 5) is 16.0. The van der Waals surface area contributed by atoms with Crippen LogP contribution in [0.1, 0.15) is 0 Å². The van der Waals surface area contributed by atoms with Crippen LogP contribution in [0.5, 0.6) is 0 Å². The topological polar surface area (TPSA) is 105 Å². The molecule has 36 valence electrons. The molecule has 0 spiro atoms. The smallest absolute Gasteiger partial charge is 0.444 e. The normalized spacial score (nSPS) is 2.40. The molecular formula is N2Na4O4+2. The van der Waals surface area contributed by atoms with Crippen molar-refractivity contribution < 1.29 is 118 Å². The maximum Gasteiger partial charge on any atom is 1.00 e. The molecule has 0 bridgehead atoms. The summed E-state index contributed by atoms with van der Waals surface area (Å²) in [6, 6.07) is 0. The third-order valence-electron chi connectivity index (χ3n) is 0. The Morgan fingerprint density at radius 1 is 0.700 bits per heavy atom.